The Labute approximate surface area is 203 Å². The third-order valence-electron chi connectivity index (χ3n) is 5.87. The highest BCUT2D eigenvalue weighted by molar-refractivity contribution is 5.97. The number of hydrogen-bond acceptors (Lipinski definition) is 9. The molecule has 2 aromatic carbocycles. The molecule has 35 heavy (non-hydrogen) atoms. The average molecular weight is 487 g/mol. The Kier molecular flexibility index (Phi) is 9.08. The van der Waals surface area contributed by atoms with Crippen molar-refractivity contribution in [2.45, 2.75) is 45.3 Å². The van der Waals surface area contributed by atoms with Crippen LogP contribution >= 0.6 is 0 Å². The Hall–Kier alpha value is -3.59. The summed E-state index contributed by atoms with van der Waals surface area (Å²) in [6.45, 7) is 1.70. The van der Waals surface area contributed by atoms with Crippen LogP contribution in [0.15, 0.2) is 36.4 Å². The fraction of sp³-hybridized carbons (Fsp3) is 0.423. The van der Waals surface area contributed by atoms with Gasteiger partial charge in [-0.05, 0) is 62.4 Å². The first-order valence-electron chi connectivity index (χ1n) is 11.5. The van der Waals surface area contributed by atoms with Gasteiger partial charge in [-0.1, -0.05) is 6.07 Å². The maximum atomic E-state index is 12.9. The quantitative estimate of drug-likeness (QED) is 0.418. The number of carbonyl (C=O) groups excluding carboxylic acids is 3. The molecule has 0 atom stereocenters. The average Bonchev–Trinajstić information content (AvgIpc) is 2.88. The van der Waals surface area contributed by atoms with Crippen molar-refractivity contribution in [3.63, 3.8) is 0 Å². The van der Waals surface area contributed by atoms with Crippen LogP contribution in [-0.2, 0) is 20.9 Å². The van der Waals surface area contributed by atoms with E-state index in [0.717, 1.165) is 0 Å². The van der Waals surface area contributed by atoms with Crippen LogP contribution < -0.4 is 14.2 Å². The summed E-state index contributed by atoms with van der Waals surface area (Å²) in [5.41, 5.74) is 0.537. The Morgan fingerprint density at radius 2 is 1.63 bits per heavy atom. The second-order valence-corrected chi connectivity index (χ2v) is 8.07. The highest BCUT2D eigenvalue weighted by Crippen LogP contribution is 2.32. The number of benzene rings is 2. The van der Waals surface area contributed by atoms with E-state index in [1.54, 1.807) is 19.1 Å². The molecule has 1 fully saturated rings. The van der Waals surface area contributed by atoms with E-state index >= 15 is 0 Å². The second kappa shape index (κ2) is 12.2. The number of rotatable bonds is 9. The van der Waals surface area contributed by atoms with Gasteiger partial charge in [-0.3, -0.25) is 4.79 Å². The van der Waals surface area contributed by atoms with E-state index in [9.17, 15) is 19.5 Å². The summed E-state index contributed by atoms with van der Waals surface area (Å²) in [7, 11) is 2.97. The summed E-state index contributed by atoms with van der Waals surface area (Å²) < 4.78 is 26.5. The van der Waals surface area contributed by atoms with E-state index in [0.29, 0.717) is 49.4 Å². The zero-order valence-electron chi connectivity index (χ0n) is 20.1. The largest absolute Gasteiger partial charge is 0.493 e. The molecule has 0 saturated heterocycles. The second-order valence-electron chi connectivity index (χ2n) is 8.07. The summed E-state index contributed by atoms with van der Waals surface area (Å²) in [6, 6.07) is 8.98. The topological polar surface area (TPSA) is 118 Å². The van der Waals surface area contributed by atoms with Gasteiger partial charge in [-0.2, -0.15) is 0 Å². The molecule has 0 bridgehead atoms. The number of esters is 3. The van der Waals surface area contributed by atoms with Gasteiger partial charge in [-0.25, -0.2) is 9.59 Å². The molecule has 2 aromatic rings. The normalized spacial score (nSPS) is 17.3. The van der Waals surface area contributed by atoms with Crippen LogP contribution in [0.5, 0.6) is 17.2 Å². The van der Waals surface area contributed by atoms with Gasteiger partial charge >= 0.3 is 17.9 Å². The van der Waals surface area contributed by atoms with Crippen molar-refractivity contribution in [1.29, 1.82) is 0 Å². The predicted molar refractivity (Wildman–Crippen MR) is 125 cm³/mol. The van der Waals surface area contributed by atoms with Crippen LogP contribution in [0.4, 0.5) is 0 Å². The minimum Gasteiger partial charge on any atom is -0.493 e. The summed E-state index contributed by atoms with van der Waals surface area (Å²) in [5.74, 6) is -0.620. The zero-order valence-corrected chi connectivity index (χ0v) is 20.1. The number of methoxy groups -OCH3 is 2. The van der Waals surface area contributed by atoms with Gasteiger partial charge < -0.3 is 28.8 Å². The maximum Gasteiger partial charge on any atom is 0.343 e. The summed E-state index contributed by atoms with van der Waals surface area (Å²) in [5, 5.41) is 9.69. The molecule has 0 aromatic heterocycles. The maximum absolute atomic E-state index is 12.9. The first kappa shape index (κ1) is 26.0. The molecule has 0 spiro atoms. The molecule has 0 amide bonds. The third kappa shape index (κ3) is 6.51. The van der Waals surface area contributed by atoms with Crippen molar-refractivity contribution in [1.82, 2.24) is 0 Å². The van der Waals surface area contributed by atoms with Crippen LogP contribution in [0.1, 0.15) is 58.9 Å². The molecular formula is C26H30O9. The standard InChI is InChI=1S/C26H30O9/c1-4-33-24(28)16-7-9-19(10-8-16)34-26(30)21-13-17(5-6-18(21)15-27)25(29)35-20-11-12-22(31-2)23(14-20)32-3/h5-6,11-14,16,19,27H,4,7-10,15H2,1-3H3. The molecule has 9 heteroatoms. The fourth-order valence-corrected chi connectivity index (χ4v) is 3.97. The van der Waals surface area contributed by atoms with Crippen LogP contribution in [0.25, 0.3) is 0 Å². The molecular weight excluding hydrogens is 456 g/mol. The summed E-state index contributed by atoms with van der Waals surface area (Å²) >= 11 is 0. The first-order valence-corrected chi connectivity index (χ1v) is 11.5. The Morgan fingerprint density at radius 1 is 0.914 bits per heavy atom. The monoisotopic (exact) mass is 486 g/mol. The number of hydrogen-bond donors (Lipinski definition) is 1. The van der Waals surface area contributed by atoms with E-state index in [1.165, 1.54) is 38.5 Å². The van der Waals surface area contributed by atoms with Crippen molar-refractivity contribution < 1.29 is 43.2 Å². The van der Waals surface area contributed by atoms with E-state index in [4.69, 9.17) is 23.7 Å². The molecule has 0 heterocycles. The van der Waals surface area contributed by atoms with Crippen LogP contribution in [0.3, 0.4) is 0 Å². The Balaban J connectivity index is 1.68. The SMILES string of the molecule is CCOC(=O)C1CCC(OC(=O)c2cc(C(=O)Oc3ccc(OC)c(OC)c3)ccc2CO)CC1. The molecule has 9 nitrogen and oxygen atoms in total. The lowest BCUT2D eigenvalue weighted by Crippen LogP contribution is -2.29. The highest BCUT2D eigenvalue weighted by Gasteiger charge is 2.30. The molecule has 0 aliphatic heterocycles. The first-order chi connectivity index (χ1) is 16.9. The van der Waals surface area contributed by atoms with Gasteiger partial charge in [0.2, 0.25) is 0 Å². The Morgan fingerprint density at radius 3 is 2.26 bits per heavy atom. The molecule has 1 aliphatic carbocycles. The molecule has 3 rings (SSSR count). The van der Waals surface area contributed by atoms with Gasteiger partial charge in [0, 0.05) is 6.07 Å². The molecule has 0 radical (unpaired) electrons. The molecule has 1 N–H and O–H groups in total. The highest BCUT2D eigenvalue weighted by atomic mass is 16.5. The fourth-order valence-electron chi connectivity index (χ4n) is 3.97. The lowest BCUT2D eigenvalue weighted by atomic mass is 9.87. The van der Waals surface area contributed by atoms with Gasteiger partial charge in [0.25, 0.3) is 0 Å². The minimum atomic E-state index is -0.689. The summed E-state index contributed by atoms with van der Waals surface area (Å²) in [4.78, 5) is 37.5. The van der Waals surface area contributed by atoms with Crippen LogP contribution in [-0.4, -0.2) is 49.9 Å². The van der Waals surface area contributed by atoms with E-state index in [1.807, 2.05) is 0 Å². The van der Waals surface area contributed by atoms with Crippen molar-refractivity contribution in [2.75, 3.05) is 20.8 Å². The van der Waals surface area contributed by atoms with Crippen molar-refractivity contribution in [3.05, 3.63) is 53.1 Å². The number of ether oxygens (including phenoxy) is 5. The van der Waals surface area contributed by atoms with Crippen molar-refractivity contribution >= 4 is 17.9 Å². The Bertz CT molecular complexity index is 1050. The van der Waals surface area contributed by atoms with Crippen molar-refractivity contribution in [3.8, 4) is 17.2 Å². The lowest BCUT2D eigenvalue weighted by Gasteiger charge is -2.27. The number of aliphatic hydroxyl groups is 1. The molecule has 1 aliphatic rings. The molecule has 1 saturated carbocycles. The van der Waals surface area contributed by atoms with E-state index < -0.39 is 18.5 Å². The van der Waals surface area contributed by atoms with Gasteiger partial charge in [0.05, 0.1) is 44.5 Å². The van der Waals surface area contributed by atoms with Crippen LogP contribution in [0.2, 0.25) is 0 Å². The number of aliphatic hydroxyl groups excluding tert-OH is 1. The predicted octanol–water partition coefficient (Wildman–Crippen LogP) is 3.69. The van der Waals surface area contributed by atoms with Crippen molar-refractivity contribution in [2.24, 2.45) is 5.92 Å². The molecule has 188 valence electrons. The van der Waals surface area contributed by atoms with E-state index in [-0.39, 0.29) is 34.9 Å². The third-order valence-corrected chi connectivity index (χ3v) is 5.87. The molecule has 0 unspecified atom stereocenters. The smallest absolute Gasteiger partial charge is 0.343 e. The lowest BCUT2D eigenvalue weighted by molar-refractivity contribution is -0.149. The van der Waals surface area contributed by atoms with Gasteiger partial charge in [0.1, 0.15) is 11.9 Å². The summed E-state index contributed by atoms with van der Waals surface area (Å²) in [6.07, 6.45) is 1.85. The van der Waals surface area contributed by atoms with Gasteiger partial charge in [0.15, 0.2) is 11.5 Å². The van der Waals surface area contributed by atoms with E-state index in [2.05, 4.69) is 0 Å². The zero-order chi connectivity index (χ0) is 25.4. The minimum absolute atomic E-state index is 0.0850. The number of carbonyl (C=O) groups is 3. The van der Waals surface area contributed by atoms with Crippen LogP contribution in [0, 0.1) is 5.92 Å². The van der Waals surface area contributed by atoms with Gasteiger partial charge in [-0.15, -0.1) is 0 Å².